The van der Waals surface area contributed by atoms with Crippen LogP contribution in [0.15, 0.2) is 41.2 Å². The molecule has 2 aromatic carbocycles. The molecule has 4 N–H and O–H groups in total. The van der Waals surface area contributed by atoms with E-state index in [-0.39, 0.29) is 5.56 Å². The van der Waals surface area contributed by atoms with Crippen LogP contribution >= 0.6 is 9.24 Å². The van der Waals surface area contributed by atoms with E-state index < -0.39 is 0 Å². The van der Waals surface area contributed by atoms with Gasteiger partial charge in [-0.3, -0.25) is 4.79 Å². The maximum Gasteiger partial charge on any atom is 0.261 e. The molecule has 8 heteroatoms. The first-order valence-corrected chi connectivity index (χ1v) is 10.2. The van der Waals surface area contributed by atoms with E-state index in [0.717, 1.165) is 59.1 Å². The Bertz CT molecular complexity index is 1290. The summed E-state index contributed by atoms with van der Waals surface area (Å²) in [4.78, 5) is 28.4. The van der Waals surface area contributed by atoms with Gasteiger partial charge in [-0.05, 0) is 36.6 Å². The largest absolute Gasteiger partial charge is 0.397 e. The minimum Gasteiger partial charge on any atom is -0.397 e. The first-order chi connectivity index (χ1) is 14.0. The zero-order chi connectivity index (χ0) is 20.1. The lowest BCUT2D eigenvalue weighted by Gasteiger charge is -2.34. The predicted molar refractivity (Wildman–Crippen MR) is 123 cm³/mol. The van der Waals surface area contributed by atoms with Crippen LogP contribution in [0.25, 0.3) is 33.3 Å². The molecule has 0 saturated carbocycles. The number of nitrogens with two attached hydrogens (primary N) is 1. The quantitative estimate of drug-likeness (QED) is 0.442. The molecule has 29 heavy (non-hydrogen) atoms. The topological polar surface area (TPSA) is 94.0 Å². The Morgan fingerprint density at radius 1 is 1.07 bits per heavy atom. The molecule has 0 amide bonds. The molecule has 1 saturated heterocycles. The zero-order valence-corrected chi connectivity index (χ0v) is 17.4. The SMILES string of the molecule is CN1CCN(c2ccc3nc(-c4c(N)c5c(P)cccc5[nH]c4=O)[nH]c3c2)CC1. The fourth-order valence-electron chi connectivity index (χ4n) is 4.02. The number of nitrogens with one attached hydrogen (secondary N) is 2. The van der Waals surface area contributed by atoms with Crippen molar-refractivity contribution in [2.45, 2.75) is 0 Å². The van der Waals surface area contributed by atoms with Crippen LogP contribution in [0.4, 0.5) is 11.4 Å². The lowest BCUT2D eigenvalue weighted by Crippen LogP contribution is -2.44. The van der Waals surface area contributed by atoms with Crippen LogP contribution in [-0.2, 0) is 0 Å². The molecular formula is C21H23N6OP. The van der Waals surface area contributed by atoms with Gasteiger partial charge >= 0.3 is 0 Å². The number of likely N-dealkylation sites (N-methyl/N-ethyl adjacent to an activating group) is 1. The molecule has 0 aliphatic carbocycles. The Labute approximate surface area is 170 Å². The van der Waals surface area contributed by atoms with E-state index >= 15 is 0 Å². The standard InChI is InChI=1S/C21H23N6OP/c1-26-7-9-27(10-8-26)12-5-6-13-15(11-12)24-20(23-13)18-19(22)17-14(25-21(18)28)3-2-4-16(17)29/h2-6,11H,7-10,29H2,1H3,(H,23,24)(H3,22,25,28). The minimum atomic E-state index is -0.246. The molecule has 5 rings (SSSR count). The van der Waals surface area contributed by atoms with Gasteiger partial charge in [-0.2, -0.15) is 0 Å². The number of aromatic nitrogens is 3. The van der Waals surface area contributed by atoms with Crippen molar-refractivity contribution in [1.82, 2.24) is 19.9 Å². The number of hydrogen-bond donors (Lipinski definition) is 3. The lowest BCUT2D eigenvalue weighted by atomic mass is 10.1. The van der Waals surface area contributed by atoms with Gasteiger partial charge in [0.05, 0.1) is 22.2 Å². The van der Waals surface area contributed by atoms with Crippen molar-refractivity contribution in [2.75, 3.05) is 43.9 Å². The molecule has 0 radical (unpaired) electrons. The number of anilines is 2. The highest BCUT2D eigenvalue weighted by molar-refractivity contribution is 7.28. The van der Waals surface area contributed by atoms with E-state index in [2.05, 4.69) is 53.2 Å². The Kier molecular flexibility index (Phi) is 4.30. The van der Waals surface area contributed by atoms with E-state index in [1.165, 1.54) is 0 Å². The third-order valence-electron chi connectivity index (χ3n) is 5.68. The number of H-pyrrole nitrogens is 2. The van der Waals surface area contributed by atoms with E-state index in [0.29, 0.717) is 17.1 Å². The first kappa shape index (κ1) is 18.2. The summed E-state index contributed by atoms with van der Waals surface area (Å²) in [6, 6.07) is 11.9. The zero-order valence-electron chi connectivity index (χ0n) is 16.2. The fourth-order valence-corrected chi connectivity index (χ4v) is 4.44. The molecule has 1 unspecified atom stereocenters. The Hall–Kier alpha value is -2.89. The third kappa shape index (κ3) is 3.07. The fraction of sp³-hybridized carbons (Fsp3) is 0.238. The minimum absolute atomic E-state index is 0.246. The summed E-state index contributed by atoms with van der Waals surface area (Å²) >= 11 is 0. The highest BCUT2D eigenvalue weighted by Gasteiger charge is 2.18. The molecule has 1 atom stereocenters. The van der Waals surface area contributed by atoms with E-state index in [1.807, 2.05) is 24.3 Å². The van der Waals surface area contributed by atoms with Crippen molar-refractivity contribution in [3.05, 3.63) is 46.8 Å². The van der Waals surface area contributed by atoms with Gasteiger partial charge < -0.3 is 25.5 Å². The molecule has 148 valence electrons. The molecule has 7 nitrogen and oxygen atoms in total. The maximum absolute atomic E-state index is 12.8. The van der Waals surface area contributed by atoms with Crippen molar-refractivity contribution >= 4 is 47.9 Å². The van der Waals surface area contributed by atoms with Crippen LogP contribution in [0, 0.1) is 0 Å². The maximum atomic E-state index is 12.8. The second kappa shape index (κ2) is 6.87. The summed E-state index contributed by atoms with van der Waals surface area (Å²) in [6.45, 7) is 4.09. The van der Waals surface area contributed by atoms with Crippen molar-refractivity contribution in [2.24, 2.45) is 0 Å². The van der Waals surface area contributed by atoms with Crippen molar-refractivity contribution in [1.29, 1.82) is 0 Å². The number of benzene rings is 2. The van der Waals surface area contributed by atoms with Gasteiger partial charge in [-0.1, -0.05) is 12.1 Å². The normalized spacial score (nSPS) is 15.4. The van der Waals surface area contributed by atoms with Gasteiger partial charge in [-0.15, -0.1) is 9.24 Å². The Morgan fingerprint density at radius 3 is 2.66 bits per heavy atom. The van der Waals surface area contributed by atoms with Crippen LogP contribution in [0.2, 0.25) is 0 Å². The van der Waals surface area contributed by atoms with E-state index in [4.69, 9.17) is 5.73 Å². The molecule has 0 spiro atoms. The van der Waals surface area contributed by atoms with E-state index in [1.54, 1.807) is 0 Å². The average molecular weight is 406 g/mol. The van der Waals surface area contributed by atoms with Gasteiger partial charge in [-0.25, -0.2) is 4.98 Å². The predicted octanol–water partition coefficient (Wildman–Crippen LogP) is 1.91. The summed E-state index contributed by atoms with van der Waals surface area (Å²) in [5.41, 5.74) is 10.6. The monoisotopic (exact) mass is 406 g/mol. The molecule has 2 aromatic heterocycles. The number of hydrogen-bond acceptors (Lipinski definition) is 5. The third-order valence-corrected chi connectivity index (χ3v) is 6.16. The summed E-state index contributed by atoms with van der Waals surface area (Å²) in [6.07, 6.45) is 0. The number of nitrogens with zero attached hydrogens (tertiary/aromatic N) is 3. The van der Waals surface area contributed by atoms with Gasteiger partial charge in [0.1, 0.15) is 11.4 Å². The summed E-state index contributed by atoms with van der Waals surface area (Å²) < 4.78 is 0. The summed E-state index contributed by atoms with van der Waals surface area (Å²) in [5.74, 6) is 0.490. The van der Waals surface area contributed by atoms with Crippen LogP contribution < -0.4 is 21.5 Å². The number of aromatic amines is 2. The smallest absolute Gasteiger partial charge is 0.261 e. The molecule has 1 fully saturated rings. The first-order valence-electron chi connectivity index (χ1n) is 9.65. The van der Waals surface area contributed by atoms with Gasteiger partial charge in [0.25, 0.3) is 5.56 Å². The van der Waals surface area contributed by atoms with Crippen molar-refractivity contribution in [3.8, 4) is 11.4 Å². The van der Waals surface area contributed by atoms with Crippen LogP contribution in [-0.4, -0.2) is 53.1 Å². The number of piperazine rings is 1. The summed E-state index contributed by atoms with van der Waals surface area (Å²) in [5, 5.41) is 1.76. The number of fused-ring (bicyclic) bond motifs is 2. The average Bonchev–Trinajstić information content (AvgIpc) is 3.11. The molecule has 1 aliphatic rings. The number of pyridine rings is 1. The number of imidazole rings is 1. The molecule has 0 bridgehead atoms. The van der Waals surface area contributed by atoms with Crippen LogP contribution in [0.5, 0.6) is 0 Å². The molecule has 1 aliphatic heterocycles. The van der Waals surface area contributed by atoms with Gasteiger partial charge in [0, 0.05) is 37.3 Å². The van der Waals surface area contributed by atoms with Crippen molar-refractivity contribution < 1.29 is 0 Å². The van der Waals surface area contributed by atoms with Gasteiger partial charge in [0.2, 0.25) is 0 Å². The second-order valence-corrected chi connectivity index (χ2v) is 8.21. The number of rotatable bonds is 2. The van der Waals surface area contributed by atoms with Crippen LogP contribution in [0.1, 0.15) is 0 Å². The Balaban J connectivity index is 1.61. The molecular weight excluding hydrogens is 383 g/mol. The number of nitrogen functional groups attached to an aromatic ring is 1. The Morgan fingerprint density at radius 2 is 1.86 bits per heavy atom. The molecule has 4 aromatic rings. The summed E-state index contributed by atoms with van der Waals surface area (Å²) in [7, 11) is 4.82. The highest BCUT2D eigenvalue weighted by atomic mass is 31.0. The lowest BCUT2D eigenvalue weighted by molar-refractivity contribution is 0.313. The van der Waals surface area contributed by atoms with Crippen molar-refractivity contribution in [3.63, 3.8) is 0 Å². The van der Waals surface area contributed by atoms with Gasteiger partial charge in [0.15, 0.2) is 0 Å². The molecule has 3 heterocycles. The van der Waals surface area contributed by atoms with Crippen LogP contribution in [0.3, 0.4) is 0 Å². The highest BCUT2D eigenvalue weighted by Crippen LogP contribution is 2.29. The second-order valence-electron chi connectivity index (χ2n) is 7.59. The van der Waals surface area contributed by atoms with E-state index in [9.17, 15) is 4.79 Å².